The highest BCUT2D eigenvalue weighted by Crippen LogP contribution is 2.26. The number of ether oxygens (including phenoxy) is 1. The topological polar surface area (TPSA) is 98.5 Å². The standard InChI is InChI=1S/C22H20N2O5S2/c25-21(26)19(24-11-3-4-12-24)15-16-7-9-17(10-8-16)29-13-14-31(27,28)22-23-18-5-1-2-6-20(18)30-22/h1-12,19H,13-15H2,(H,25,26). The number of benzene rings is 2. The Morgan fingerprint density at radius 3 is 2.45 bits per heavy atom. The van der Waals surface area contributed by atoms with Gasteiger partial charge in [-0.2, -0.15) is 0 Å². The van der Waals surface area contributed by atoms with Gasteiger partial charge in [0.25, 0.3) is 0 Å². The van der Waals surface area contributed by atoms with Gasteiger partial charge in [0.2, 0.25) is 14.2 Å². The van der Waals surface area contributed by atoms with Crippen molar-refractivity contribution in [2.45, 2.75) is 16.8 Å². The zero-order valence-electron chi connectivity index (χ0n) is 16.4. The summed E-state index contributed by atoms with van der Waals surface area (Å²) in [6.07, 6.45) is 3.78. The molecular formula is C22H20N2O5S2. The molecule has 1 N–H and O–H groups in total. The second kappa shape index (κ2) is 8.91. The van der Waals surface area contributed by atoms with Crippen LogP contribution in [0.15, 0.2) is 77.4 Å². The van der Waals surface area contributed by atoms with Gasteiger partial charge in [0.15, 0.2) is 0 Å². The summed E-state index contributed by atoms with van der Waals surface area (Å²) in [5, 5.41) is 9.49. The van der Waals surface area contributed by atoms with Crippen molar-refractivity contribution in [1.82, 2.24) is 9.55 Å². The summed E-state index contributed by atoms with van der Waals surface area (Å²) in [4.78, 5) is 15.8. The lowest BCUT2D eigenvalue weighted by Gasteiger charge is -2.15. The predicted molar refractivity (Wildman–Crippen MR) is 118 cm³/mol. The Morgan fingerprint density at radius 2 is 1.77 bits per heavy atom. The zero-order valence-corrected chi connectivity index (χ0v) is 18.1. The Labute approximate surface area is 183 Å². The number of nitrogens with zero attached hydrogens (tertiary/aromatic N) is 2. The number of para-hydroxylation sites is 1. The van der Waals surface area contributed by atoms with E-state index in [1.807, 2.05) is 18.2 Å². The monoisotopic (exact) mass is 456 g/mol. The van der Waals surface area contributed by atoms with Crippen molar-refractivity contribution >= 4 is 37.4 Å². The molecule has 0 spiro atoms. The van der Waals surface area contributed by atoms with E-state index in [1.54, 1.807) is 59.4 Å². The molecule has 0 aliphatic rings. The average molecular weight is 457 g/mol. The Kier molecular flexibility index (Phi) is 6.06. The minimum absolute atomic E-state index is 0.00127. The maximum atomic E-state index is 12.6. The van der Waals surface area contributed by atoms with Gasteiger partial charge in [-0.1, -0.05) is 24.3 Å². The maximum absolute atomic E-state index is 12.6. The van der Waals surface area contributed by atoms with Crippen molar-refractivity contribution in [3.05, 3.63) is 78.6 Å². The van der Waals surface area contributed by atoms with Crippen molar-refractivity contribution in [2.75, 3.05) is 12.4 Å². The van der Waals surface area contributed by atoms with Crippen LogP contribution in [0.3, 0.4) is 0 Å². The molecule has 31 heavy (non-hydrogen) atoms. The molecule has 160 valence electrons. The normalized spacial score (nSPS) is 12.6. The highest BCUT2D eigenvalue weighted by molar-refractivity contribution is 7.93. The summed E-state index contributed by atoms with van der Waals surface area (Å²) in [7, 11) is -3.54. The third-order valence-corrected chi connectivity index (χ3v) is 7.96. The first-order valence-corrected chi connectivity index (χ1v) is 12.0. The Bertz CT molecular complexity index is 1250. The number of sulfone groups is 1. The maximum Gasteiger partial charge on any atom is 0.327 e. The zero-order chi connectivity index (χ0) is 21.8. The number of hydrogen-bond acceptors (Lipinski definition) is 6. The fourth-order valence-electron chi connectivity index (χ4n) is 3.16. The van der Waals surface area contributed by atoms with E-state index in [4.69, 9.17) is 4.74 Å². The quantitative estimate of drug-likeness (QED) is 0.411. The molecule has 0 aliphatic heterocycles. The van der Waals surface area contributed by atoms with Crippen LogP contribution in [0.1, 0.15) is 11.6 Å². The fraction of sp³-hybridized carbons (Fsp3) is 0.182. The van der Waals surface area contributed by atoms with Crippen molar-refractivity contribution in [3.63, 3.8) is 0 Å². The third-order valence-electron chi connectivity index (χ3n) is 4.79. The van der Waals surface area contributed by atoms with Gasteiger partial charge >= 0.3 is 5.97 Å². The number of carbonyl (C=O) groups is 1. The number of thiazole rings is 1. The molecule has 2 aromatic carbocycles. The van der Waals surface area contributed by atoms with Gasteiger partial charge in [0.05, 0.1) is 16.0 Å². The number of carboxylic acids is 1. The van der Waals surface area contributed by atoms with E-state index < -0.39 is 21.8 Å². The lowest BCUT2D eigenvalue weighted by atomic mass is 10.1. The third kappa shape index (κ3) is 4.95. The molecule has 0 aliphatic carbocycles. The summed E-state index contributed by atoms with van der Waals surface area (Å²) in [6.45, 7) is -0.00127. The van der Waals surface area contributed by atoms with E-state index in [0.29, 0.717) is 17.7 Å². The SMILES string of the molecule is O=C(O)C(Cc1ccc(OCCS(=O)(=O)c2nc3ccccc3s2)cc1)n1cccc1. The van der Waals surface area contributed by atoms with Crippen molar-refractivity contribution in [1.29, 1.82) is 0 Å². The molecule has 1 unspecified atom stereocenters. The number of hydrogen-bond donors (Lipinski definition) is 1. The van der Waals surface area contributed by atoms with Crippen LogP contribution in [0, 0.1) is 0 Å². The minimum atomic E-state index is -3.54. The molecule has 9 heteroatoms. The Morgan fingerprint density at radius 1 is 1.06 bits per heavy atom. The van der Waals surface area contributed by atoms with Crippen molar-refractivity contribution in [3.8, 4) is 5.75 Å². The summed E-state index contributed by atoms with van der Waals surface area (Å²) < 4.78 is 33.3. The summed E-state index contributed by atoms with van der Waals surface area (Å²) >= 11 is 1.15. The second-order valence-electron chi connectivity index (χ2n) is 6.95. The van der Waals surface area contributed by atoms with Crippen LogP contribution in [0.4, 0.5) is 0 Å². The summed E-state index contributed by atoms with van der Waals surface area (Å²) in [6, 6.07) is 17.2. The van der Waals surface area contributed by atoms with Gasteiger partial charge in [0, 0.05) is 18.8 Å². The lowest BCUT2D eigenvalue weighted by molar-refractivity contribution is -0.140. The Hall–Kier alpha value is -3.17. The summed E-state index contributed by atoms with van der Waals surface area (Å²) in [5.41, 5.74) is 1.51. The molecule has 2 aromatic heterocycles. The van der Waals surface area contributed by atoms with E-state index in [0.717, 1.165) is 21.6 Å². The number of aromatic nitrogens is 2. The van der Waals surface area contributed by atoms with Crippen LogP contribution in [-0.2, 0) is 21.1 Å². The number of aliphatic carboxylic acids is 1. The number of fused-ring (bicyclic) bond motifs is 1. The average Bonchev–Trinajstić information content (AvgIpc) is 3.43. The molecule has 0 saturated heterocycles. The van der Waals surface area contributed by atoms with Gasteiger partial charge < -0.3 is 14.4 Å². The van der Waals surface area contributed by atoms with Gasteiger partial charge in [-0.3, -0.25) is 0 Å². The molecule has 0 radical (unpaired) electrons. The first kappa shape index (κ1) is 21.1. The van der Waals surface area contributed by atoms with E-state index in [-0.39, 0.29) is 16.7 Å². The summed E-state index contributed by atoms with van der Waals surface area (Å²) in [5.74, 6) is -0.559. The van der Waals surface area contributed by atoms with Crippen LogP contribution in [-0.4, -0.2) is 41.4 Å². The van der Waals surface area contributed by atoms with Crippen LogP contribution < -0.4 is 4.74 Å². The second-order valence-corrected chi connectivity index (χ2v) is 10.3. The van der Waals surface area contributed by atoms with E-state index in [1.165, 1.54) is 0 Å². The highest BCUT2D eigenvalue weighted by atomic mass is 32.2. The largest absolute Gasteiger partial charge is 0.493 e. The first-order chi connectivity index (χ1) is 14.9. The Balaban J connectivity index is 1.35. The molecule has 0 saturated carbocycles. The molecule has 7 nitrogen and oxygen atoms in total. The van der Waals surface area contributed by atoms with E-state index in [2.05, 4.69) is 4.98 Å². The molecule has 0 amide bonds. The predicted octanol–water partition coefficient (Wildman–Crippen LogP) is 3.82. The molecule has 1 atom stereocenters. The van der Waals surface area contributed by atoms with Crippen molar-refractivity contribution in [2.24, 2.45) is 0 Å². The molecule has 2 heterocycles. The van der Waals surface area contributed by atoms with Gasteiger partial charge in [-0.25, -0.2) is 18.2 Å². The van der Waals surface area contributed by atoms with E-state index >= 15 is 0 Å². The van der Waals surface area contributed by atoms with Gasteiger partial charge in [0.1, 0.15) is 18.4 Å². The van der Waals surface area contributed by atoms with Crippen LogP contribution in [0.2, 0.25) is 0 Å². The van der Waals surface area contributed by atoms with Crippen LogP contribution in [0.5, 0.6) is 5.75 Å². The van der Waals surface area contributed by atoms with Crippen LogP contribution >= 0.6 is 11.3 Å². The first-order valence-electron chi connectivity index (χ1n) is 9.58. The molecule has 0 bridgehead atoms. The minimum Gasteiger partial charge on any atom is -0.493 e. The smallest absolute Gasteiger partial charge is 0.327 e. The lowest BCUT2D eigenvalue weighted by Crippen LogP contribution is -2.20. The molecule has 4 rings (SSSR count). The fourth-order valence-corrected chi connectivity index (χ4v) is 5.60. The van der Waals surface area contributed by atoms with Gasteiger partial charge in [-0.15, -0.1) is 11.3 Å². The van der Waals surface area contributed by atoms with Gasteiger partial charge in [-0.05, 0) is 42.0 Å². The van der Waals surface area contributed by atoms with Crippen LogP contribution in [0.25, 0.3) is 10.2 Å². The molecular weight excluding hydrogens is 436 g/mol. The number of rotatable bonds is 9. The highest BCUT2D eigenvalue weighted by Gasteiger charge is 2.21. The molecule has 0 fully saturated rings. The molecule has 4 aromatic rings. The van der Waals surface area contributed by atoms with E-state index in [9.17, 15) is 18.3 Å². The number of carboxylic acid groups (broad SMARTS) is 1. The van der Waals surface area contributed by atoms with Crippen molar-refractivity contribution < 1.29 is 23.1 Å².